The molecule has 4 heteroatoms. The van der Waals surface area contributed by atoms with Crippen LogP contribution in [0.2, 0.25) is 0 Å². The van der Waals surface area contributed by atoms with Gasteiger partial charge in [-0.25, -0.2) is 9.45 Å². The van der Waals surface area contributed by atoms with Crippen molar-refractivity contribution in [1.29, 1.82) is 0 Å². The molecule has 0 radical (unpaired) electrons. The molecule has 0 aliphatic carbocycles. The van der Waals surface area contributed by atoms with Gasteiger partial charge in [0.15, 0.2) is 0 Å². The number of hydroxylamine groups is 1. The number of fused-ring (bicyclic) bond motifs is 1. The molecule has 3 rings (SSSR count). The summed E-state index contributed by atoms with van der Waals surface area (Å²) in [6, 6.07) is 4.97. The molecule has 1 saturated heterocycles. The number of aryl methyl sites for hydroxylation is 1. The van der Waals surface area contributed by atoms with Gasteiger partial charge in [0.1, 0.15) is 12.0 Å². The van der Waals surface area contributed by atoms with Gasteiger partial charge in [0, 0.05) is 0 Å². The quantitative estimate of drug-likeness (QED) is 0.809. The Morgan fingerprint density at radius 3 is 3.12 bits per heavy atom. The Balaban J connectivity index is 1.94. The fourth-order valence-electron chi connectivity index (χ4n) is 2.59. The second kappa shape index (κ2) is 4.63. The fraction of sp³-hybridized carbons (Fsp3) is 0.538. The SMILES string of the molecule is Fc1ccc2c(c1)CCCON2[C@@H]1CCCN1. The normalized spacial score (nSPS) is 24.5. The van der Waals surface area contributed by atoms with Crippen LogP contribution in [-0.4, -0.2) is 19.3 Å². The van der Waals surface area contributed by atoms with Crippen molar-refractivity contribution in [2.75, 3.05) is 18.2 Å². The molecule has 0 saturated carbocycles. The number of halogens is 1. The summed E-state index contributed by atoms with van der Waals surface area (Å²) in [4.78, 5) is 5.80. The van der Waals surface area contributed by atoms with Gasteiger partial charge in [0.2, 0.25) is 0 Å². The fourth-order valence-corrected chi connectivity index (χ4v) is 2.59. The smallest absolute Gasteiger partial charge is 0.123 e. The molecule has 1 fully saturated rings. The second-order valence-electron chi connectivity index (χ2n) is 4.65. The van der Waals surface area contributed by atoms with Gasteiger partial charge in [-0.15, -0.1) is 0 Å². The van der Waals surface area contributed by atoms with Crippen molar-refractivity contribution < 1.29 is 9.23 Å². The minimum absolute atomic E-state index is 0.162. The Labute approximate surface area is 101 Å². The molecule has 1 aromatic rings. The average molecular weight is 236 g/mol. The second-order valence-corrected chi connectivity index (χ2v) is 4.65. The van der Waals surface area contributed by atoms with E-state index in [1.54, 1.807) is 6.07 Å². The highest BCUT2D eigenvalue weighted by Crippen LogP contribution is 2.29. The molecule has 0 unspecified atom stereocenters. The first-order valence-electron chi connectivity index (χ1n) is 6.28. The van der Waals surface area contributed by atoms with Crippen LogP contribution in [0.15, 0.2) is 18.2 Å². The van der Waals surface area contributed by atoms with Crippen molar-refractivity contribution >= 4 is 5.69 Å². The predicted octanol–water partition coefficient (Wildman–Crippen LogP) is 2.22. The van der Waals surface area contributed by atoms with E-state index in [1.165, 1.54) is 12.5 Å². The highest BCUT2D eigenvalue weighted by Gasteiger charge is 2.26. The predicted molar refractivity (Wildman–Crippen MR) is 64.2 cm³/mol. The third-order valence-corrected chi connectivity index (χ3v) is 3.42. The Bertz CT molecular complexity index is 404. The lowest BCUT2D eigenvalue weighted by molar-refractivity contribution is 0.0851. The number of hydrogen-bond acceptors (Lipinski definition) is 3. The number of hydrogen-bond donors (Lipinski definition) is 1. The zero-order valence-electron chi connectivity index (χ0n) is 9.79. The highest BCUT2D eigenvalue weighted by molar-refractivity contribution is 5.53. The van der Waals surface area contributed by atoms with E-state index in [0.29, 0.717) is 6.61 Å². The third kappa shape index (κ3) is 2.15. The lowest BCUT2D eigenvalue weighted by Crippen LogP contribution is -2.42. The van der Waals surface area contributed by atoms with Gasteiger partial charge in [0.25, 0.3) is 0 Å². The first-order valence-corrected chi connectivity index (χ1v) is 6.28. The van der Waals surface area contributed by atoms with Gasteiger partial charge in [-0.3, -0.25) is 10.2 Å². The number of anilines is 1. The van der Waals surface area contributed by atoms with E-state index >= 15 is 0 Å². The molecule has 0 aromatic heterocycles. The summed E-state index contributed by atoms with van der Waals surface area (Å²) in [7, 11) is 0. The van der Waals surface area contributed by atoms with E-state index in [1.807, 2.05) is 11.1 Å². The minimum Gasteiger partial charge on any atom is -0.295 e. The summed E-state index contributed by atoms with van der Waals surface area (Å²) in [5.41, 5.74) is 2.07. The van der Waals surface area contributed by atoms with Crippen molar-refractivity contribution in [3.8, 4) is 0 Å². The molecule has 1 atom stereocenters. The van der Waals surface area contributed by atoms with Gasteiger partial charge < -0.3 is 0 Å². The largest absolute Gasteiger partial charge is 0.295 e. The Kier molecular flexibility index (Phi) is 2.99. The molecule has 2 aliphatic heterocycles. The van der Waals surface area contributed by atoms with Crippen LogP contribution in [0.5, 0.6) is 0 Å². The Morgan fingerprint density at radius 2 is 2.29 bits per heavy atom. The molecule has 1 N–H and O–H groups in total. The van der Waals surface area contributed by atoms with Crippen molar-refractivity contribution in [2.24, 2.45) is 0 Å². The molecule has 17 heavy (non-hydrogen) atoms. The van der Waals surface area contributed by atoms with Crippen LogP contribution in [0.25, 0.3) is 0 Å². The van der Waals surface area contributed by atoms with Gasteiger partial charge >= 0.3 is 0 Å². The van der Waals surface area contributed by atoms with Gasteiger partial charge in [-0.1, -0.05) is 0 Å². The molecule has 0 amide bonds. The van der Waals surface area contributed by atoms with E-state index < -0.39 is 0 Å². The molecular formula is C13H17FN2O. The van der Waals surface area contributed by atoms with E-state index in [2.05, 4.69) is 5.32 Å². The van der Waals surface area contributed by atoms with Crippen LogP contribution in [0, 0.1) is 5.82 Å². The summed E-state index contributed by atoms with van der Waals surface area (Å²) < 4.78 is 13.3. The van der Waals surface area contributed by atoms with Gasteiger partial charge in [-0.05, 0) is 56.0 Å². The third-order valence-electron chi connectivity index (χ3n) is 3.42. The maximum Gasteiger partial charge on any atom is 0.123 e. The molecule has 2 heterocycles. The number of nitrogens with one attached hydrogen (secondary N) is 1. The van der Waals surface area contributed by atoms with Gasteiger partial charge in [0.05, 0.1) is 12.3 Å². The molecule has 0 bridgehead atoms. The van der Waals surface area contributed by atoms with Crippen molar-refractivity contribution in [3.63, 3.8) is 0 Å². The Morgan fingerprint density at radius 1 is 1.35 bits per heavy atom. The molecule has 3 nitrogen and oxygen atoms in total. The van der Waals surface area contributed by atoms with Crippen LogP contribution < -0.4 is 10.4 Å². The van der Waals surface area contributed by atoms with Crippen molar-refractivity contribution in [2.45, 2.75) is 31.8 Å². The monoisotopic (exact) mass is 236 g/mol. The van der Waals surface area contributed by atoms with E-state index in [-0.39, 0.29) is 12.0 Å². The number of nitrogens with zero attached hydrogens (tertiary/aromatic N) is 1. The average Bonchev–Trinajstić information content (AvgIpc) is 2.77. The van der Waals surface area contributed by atoms with Crippen molar-refractivity contribution in [3.05, 3.63) is 29.6 Å². The lowest BCUT2D eigenvalue weighted by atomic mass is 10.1. The summed E-state index contributed by atoms with van der Waals surface area (Å²) in [6.07, 6.45) is 4.31. The molecular weight excluding hydrogens is 219 g/mol. The van der Waals surface area contributed by atoms with Crippen LogP contribution >= 0.6 is 0 Å². The first-order chi connectivity index (χ1) is 8.34. The zero-order chi connectivity index (χ0) is 11.7. The summed E-state index contributed by atoms with van der Waals surface area (Å²) in [6.45, 7) is 1.73. The van der Waals surface area contributed by atoms with E-state index in [0.717, 1.165) is 37.1 Å². The van der Waals surface area contributed by atoms with Crippen LogP contribution in [0.1, 0.15) is 24.8 Å². The molecule has 2 aliphatic rings. The molecule has 1 aromatic carbocycles. The van der Waals surface area contributed by atoms with Crippen LogP contribution in [-0.2, 0) is 11.3 Å². The summed E-state index contributed by atoms with van der Waals surface area (Å²) >= 11 is 0. The van der Waals surface area contributed by atoms with Crippen molar-refractivity contribution in [1.82, 2.24) is 5.32 Å². The molecule has 92 valence electrons. The van der Waals surface area contributed by atoms with Crippen LogP contribution in [0.3, 0.4) is 0 Å². The number of benzene rings is 1. The lowest BCUT2D eigenvalue weighted by Gasteiger charge is -2.29. The summed E-state index contributed by atoms with van der Waals surface area (Å²) in [5, 5.41) is 5.36. The Hall–Kier alpha value is -1.13. The zero-order valence-corrected chi connectivity index (χ0v) is 9.79. The number of rotatable bonds is 1. The van der Waals surface area contributed by atoms with E-state index in [9.17, 15) is 4.39 Å². The van der Waals surface area contributed by atoms with Gasteiger partial charge in [-0.2, -0.15) is 0 Å². The first kappa shape index (κ1) is 11.0. The standard InChI is InChI=1S/C13H17FN2O/c14-11-5-6-12-10(9-11)3-2-8-17-16(12)13-4-1-7-15-13/h5-6,9,13,15H,1-4,7-8H2/t13-/m1/s1. The summed E-state index contributed by atoms with van der Waals surface area (Å²) in [5.74, 6) is -0.162. The molecule has 0 spiro atoms. The highest BCUT2D eigenvalue weighted by atomic mass is 19.1. The maximum atomic E-state index is 13.3. The van der Waals surface area contributed by atoms with Crippen LogP contribution in [0.4, 0.5) is 10.1 Å². The minimum atomic E-state index is -0.162. The maximum absolute atomic E-state index is 13.3. The van der Waals surface area contributed by atoms with E-state index in [4.69, 9.17) is 4.84 Å². The topological polar surface area (TPSA) is 24.5 Å².